The van der Waals surface area contributed by atoms with Crippen LogP contribution in [0.4, 0.5) is 10.1 Å². The lowest BCUT2D eigenvalue weighted by Gasteiger charge is -2.26. The van der Waals surface area contributed by atoms with Crippen molar-refractivity contribution in [3.8, 4) is 0 Å². The van der Waals surface area contributed by atoms with Gasteiger partial charge in [-0.15, -0.1) is 0 Å². The van der Waals surface area contributed by atoms with E-state index in [2.05, 4.69) is 33.1 Å². The lowest BCUT2D eigenvalue weighted by Crippen LogP contribution is -2.38. The SMILES string of the molecule is CC(CC(=O)Nc1ccc2c(ccn2CCN2CCOCC2)c1)c1ccc(F)cc1. The molecule has 6 heteroatoms. The number of ether oxygens (including phenoxy) is 1. The van der Waals surface area contributed by atoms with Gasteiger partial charge in [0.1, 0.15) is 5.82 Å². The summed E-state index contributed by atoms with van der Waals surface area (Å²) >= 11 is 0. The minimum atomic E-state index is -0.263. The van der Waals surface area contributed by atoms with Crippen molar-refractivity contribution in [2.75, 3.05) is 38.2 Å². The molecule has 0 bridgehead atoms. The lowest BCUT2D eigenvalue weighted by molar-refractivity contribution is -0.116. The predicted octanol–water partition coefficient (Wildman–Crippen LogP) is 4.24. The molecule has 1 saturated heterocycles. The summed E-state index contributed by atoms with van der Waals surface area (Å²) in [6, 6.07) is 14.5. The monoisotopic (exact) mass is 409 g/mol. The smallest absolute Gasteiger partial charge is 0.224 e. The van der Waals surface area contributed by atoms with Crippen LogP contribution in [-0.2, 0) is 16.1 Å². The summed E-state index contributed by atoms with van der Waals surface area (Å²) in [5.74, 6) is -0.283. The van der Waals surface area contributed by atoms with Gasteiger partial charge in [-0.05, 0) is 47.9 Å². The van der Waals surface area contributed by atoms with Gasteiger partial charge in [0.05, 0.1) is 13.2 Å². The topological polar surface area (TPSA) is 46.5 Å². The van der Waals surface area contributed by atoms with Crippen LogP contribution in [0.5, 0.6) is 0 Å². The predicted molar refractivity (Wildman–Crippen MR) is 117 cm³/mol. The molecule has 0 radical (unpaired) electrons. The van der Waals surface area contributed by atoms with Crippen LogP contribution in [0.3, 0.4) is 0 Å². The zero-order chi connectivity index (χ0) is 20.9. The van der Waals surface area contributed by atoms with E-state index in [0.717, 1.165) is 56.0 Å². The van der Waals surface area contributed by atoms with Crippen molar-refractivity contribution in [1.82, 2.24) is 9.47 Å². The van der Waals surface area contributed by atoms with E-state index in [9.17, 15) is 9.18 Å². The molecular weight excluding hydrogens is 381 g/mol. The van der Waals surface area contributed by atoms with Crippen molar-refractivity contribution in [1.29, 1.82) is 0 Å². The molecule has 1 aliphatic rings. The van der Waals surface area contributed by atoms with E-state index in [1.165, 1.54) is 17.6 Å². The molecule has 1 atom stereocenters. The number of anilines is 1. The zero-order valence-electron chi connectivity index (χ0n) is 17.3. The molecule has 3 aromatic rings. The van der Waals surface area contributed by atoms with Crippen LogP contribution in [0.25, 0.3) is 10.9 Å². The van der Waals surface area contributed by atoms with Gasteiger partial charge in [-0.3, -0.25) is 9.69 Å². The summed E-state index contributed by atoms with van der Waals surface area (Å²) in [6.45, 7) is 7.53. The van der Waals surface area contributed by atoms with E-state index >= 15 is 0 Å². The van der Waals surface area contributed by atoms with E-state index in [1.54, 1.807) is 12.1 Å². The third-order valence-corrected chi connectivity index (χ3v) is 5.75. The van der Waals surface area contributed by atoms with Crippen molar-refractivity contribution in [2.24, 2.45) is 0 Å². The number of nitrogens with zero attached hydrogens (tertiary/aromatic N) is 2. The highest BCUT2D eigenvalue weighted by atomic mass is 19.1. The van der Waals surface area contributed by atoms with Crippen LogP contribution in [0, 0.1) is 5.82 Å². The number of halogens is 1. The van der Waals surface area contributed by atoms with Gasteiger partial charge in [0.15, 0.2) is 0 Å². The quantitative estimate of drug-likeness (QED) is 0.635. The maximum absolute atomic E-state index is 13.1. The van der Waals surface area contributed by atoms with E-state index in [1.807, 2.05) is 19.1 Å². The molecule has 5 nitrogen and oxygen atoms in total. The van der Waals surface area contributed by atoms with Gasteiger partial charge in [-0.1, -0.05) is 19.1 Å². The number of rotatable bonds is 7. The Morgan fingerprint density at radius 1 is 1.10 bits per heavy atom. The normalized spacial score (nSPS) is 15.9. The lowest BCUT2D eigenvalue weighted by atomic mass is 9.97. The number of carbonyl (C=O) groups excluding carboxylic acids is 1. The van der Waals surface area contributed by atoms with Crippen LogP contribution >= 0.6 is 0 Å². The molecule has 4 rings (SSSR count). The second-order valence-electron chi connectivity index (χ2n) is 7.94. The summed E-state index contributed by atoms with van der Waals surface area (Å²) in [5, 5.41) is 4.11. The first-order valence-corrected chi connectivity index (χ1v) is 10.5. The average molecular weight is 410 g/mol. The molecule has 158 valence electrons. The third kappa shape index (κ3) is 5.07. The van der Waals surface area contributed by atoms with Crippen LogP contribution in [-0.4, -0.2) is 48.2 Å². The fourth-order valence-electron chi connectivity index (χ4n) is 3.95. The molecule has 1 unspecified atom stereocenters. The Morgan fingerprint density at radius 3 is 2.63 bits per heavy atom. The molecule has 2 heterocycles. The molecule has 1 amide bonds. The first-order chi connectivity index (χ1) is 14.6. The minimum Gasteiger partial charge on any atom is -0.379 e. The van der Waals surface area contributed by atoms with Gasteiger partial charge in [0.2, 0.25) is 5.91 Å². The van der Waals surface area contributed by atoms with Crippen molar-refractivity contribution in [3.05, 3.63) is 66.1 Å². The van der Waals surface area contributed by atoms with Crippen molar-refractivity contribution < 1.29 is 13.9 Å². The largest absolute Gasteiger partial charge is 0.379 e. The number of fused-ring (bicyclic) bond motifs is 1. The van der Waals surface area contributed by atoms with Crippen LogP contribution in [0.2, 0.25) is 0 Å². The van der Waals surface area contributed by atoms with Crippen molar-refractivity contribution >= 4 is 22.5 Å². The second-order valence-corrected chi connectivity index (χ2v) is 7.94. The number of hydrogen-bond acceptors (Lipinski definition) is 3. The van der Waals surface area contributed by atoms with Gasteiger partial charge in [0, 0.05) is 55.4 Å². The summed E-state index contributed by atoms with van der Waals surface area (Å²) in [4.78, 5) is 14.9. The summed E-state index contributed by atoms with van der Waals surface area (Å²) in [7, 11) is 0. The third-order valence-electron chi connectivity index (χ3n) is 5.75. The molecule has 1 N–H and O–H groups in total. The van der Waals surface area contributed by atoms with Gasteiger partial charge in [-0.25, -0.2) is 4.39 Å². The molecule has 1 aliphatic heterocycles. The fourth-order valence-corrected chi connectivity index (χ4v) is 3.95. The van der Waals surface area contributed by atoms with Gasteiger partial charge < -0.3 is 14.6 Å². The van der Waals surface area contributed by atoms with E-state index < -0.39 is 0 Å². The van der Waals surface area contributed by atoms with E-state index in [0.29, 0.717) is 6.42 Å². The number of aromatic nitrogens is 1. The average Bonchev–Trinajstić information content (AvgIpc) is 3.15. The Balaban J connectivity index is 1.35. The number of carbonyl (C=O) groups is 1. The van der Waals surface area contributed by atoms with E-state index in [4.69, 9.17) is 4.74 Å². The second kappa shape index (κ2) is 9.41. The molecule has 0 aliphatic carbocycles. The number of hydrogen-bond donors (Lipinski definition) is 1. The Bertz CT molecular complexity index is 993. The summed E-state index contributed by atoms with van der Waals surface area (Å²) < 4.78 is 20.7. The van der Waals surface area contributed by atoms with Gasteiger partial charge in [-0.2, -0.15) is 0 Å². The van der Waals surface area contributed by atoms with E-state index in [-0.39, 0.29) is 17.6 Å². The highest BCUT2D eigenvalue weighted by Crippen LogP contribution is 2.23. The number of amides is 1. The Kier molecular flexibility index (Phi) is 6.45. The highest BCUT2D eigenvalue weighted by molar-refractivity contribution is 5.94. The summed E-state index contributed by atoms with van der Waals surface area (Å²) in [5.41, 5.74) is 2.92. The highest BCUT2D eigenvalue weighted by Gasteiger charge is 2.13. The number of nitrogens with one attached hydrogen (secondary N) is 1. The number of benzene rings is 2. The molecule has 0 spiro atoms. The number of morpholine rings is 1. The Morgan fingerprint density at radius 2 is 1.87 bits per heavy atom. The van der Waals surface area contributed by atoms with Crippen molar-refractivity contribution in [3.63, 3.8) is 0 Å². The van der Waals surface area contributed by atoms with Crippen LogP contribution in [0.15, 0.2) is 54.7 Å². The van der Waals surface area contributed by atoms with Crippen molar-refractivity contribution in [2.45, 2.75) is 25.8 Å². The molecule has 2 aromatic carbocycles. The fraction of sp³-hybridized carbons (Fsp3) is 0.375. The molecular formula is C24H28FN3O2. The minimum absolute atomic E-state index is 0.0237. The molecule has 1 fully saturated rings. The first-order valence-electron chi connectivity index (χ1n) is 10.5. The summed E-state index contributed by atoms with van der Waals surface area (Å²) in [6.07, 6.45) is 2.46. The maximum Gasteiger partial charge on any atom is 0.224 e. The van der Waals surface area contributed by atoms with Gasteiger partial charge >= 0.3 is 0 Å². The maximum atomic E-state index is 13.1. The van der Waals surface area contributed by atoms with Crippen LogP contribution in [0.1, 0.15) is 24.8 Å². The molecule has 1 aromatic heterocycles. The zero-order valence-corrected chi connectivity index (χ0v) is 17.3. The Hall–Kier alpha value is -2.70. The van der Waals surface area contributed by atoms with Crippen LogP contribution < -0.4 is 5.32 Å². The molecule has 30 heavy (non-hydrogen) atoms. The van der Waals surface area contributed by atoms with Gasteiger partial charge in [0.25, 0.3) is 0 Å². The molecule has 0 saturated carbocycles. The first kappa shape index (κ1) is 20.6. The standard InChI is InChI=1S/C24H28FN3O2/c1-18(19-2-4-21(25)5-3-19)16-24(29)26-22-6-7-23-20(17-22)8-9-28(23)11-10-27-12-14-30-15-13-27/h2-9,17-18H,10-16H2,1H3,(H,26,29). The Labute approximate surface area is 176 Å².